The fraction of sp³-hybridized carbons (Fsp3) is 0.500. The highest BCUT2D eigenvalue weighted by Crippen LogP contribution is 2.20. The van der Waals surface area contributed by atoms with Gasteiger partial charge in [-0.15, -0.1) is 0 Å². The van der Waals surface area contributed by atoms with E-state index in [1.807, 2.05) is 6.07 Å². The summed E-state index contributed by atoms with van der Waals surface area (Å²) in [6, 6.07) is 8.28. The van der Waals surface area contributed by atoms with Gasteiger partial charge in [-0.3, -0.25) is 4.90 Å². The zero-order valence-electron chi connectivity index (χ0n) is 8.69. The van der Waals surface area contributed by atoms with Gasteiger partial charge < -0.3 is 5.11 Å². The van der Waals surface area contributed by atoms with Crippen molar-refractivity contribution in [1.29, 1.82) is 0 Å². The third-order valence-corrected chi connectivity index (χ3v) is 3.61. The maximum atomic E-state index is 9.57. The molecular formula is C12H16BrNO. The molecule has 1 saturated heterocycles. The number of likely N-dealkylation sites (tertiary alicyclic amines) is 1. The Kier molecular flexibility index (Phi) is 3.78. The number of rotatable bonds is 2. The molecule has 0 saturated carbocycles. The normalized spacial score (nSPS) is 22.9. The lowest BCUT2D eigenvalue weighted by Gasteiger charge is -2.30. The van der Waals surface area contributed by atoms with Gasteiger partial charge in [0.25, 0.3) is 0 Å². The Bertz CT molecular complexity index is 329. The molecule has 1 heterocycles. The predicted octanol–water partition coefficient (Wildman–Crippen LogP) is 2.41. The summed E-state index contributed by atoms with van der Waals surface area (Å²) in [6.07, 6.45) is 1.92. The molecule has 0 amide bonds. The van der Waals surface area contributed by atoms with Gasteiger partial charge in [0, 0.05) is 17.6 Å². The van der Waals surface area contributed by atoms with Crippen LogP contribution in [0.1, 0.15) is 18.4 Å². The van der Waals surface area contributed by atoms with Gasteiger partial charge in [-0.1, -0.05) is 34.1 Å². The third kappa shape index (κ3) is 3.03. The minimum atomic E-state index is -0.138. The van der Waals surface area contributed by atoms with Crippen molar-refractivity contribution in [1.82, 2.24) is 4.90 Å². The highest BCUT2D eigenvalue weighted by atomic mass is 79.9. The number of halogens is 1. The first-order chi connectivity index (χ1) is 7.25. The summed E-state index contributed by atoms with van der Waals surface area (Å²) in [4.78, 5) is 2.31. The summed E-state index contributed by atoms with van der Waals surface area (Å²) in [5.74, 6) is 0. The zero-order valence-corrected chi connectivity index (χ0v) is 10.3. The number of aliphatic hydroxyl groups excluding tert-OH is 1. The first kappa shape index (κ1) is 11.1. The maximum Gasteiger partial charge on any atom is 0.0667 e. The lowest BCUT2D eigenvalue weighted by Crippen LogP contribution is -2.37. The molecule has 1 aliphatic heterocycles. The van der Waals surface area contributed by atoms with Crippen LogP contribution in [0.2, 0.25) is 0 Å². The molecule has 0 spiro atoms. The van der Waals surface area contributed by atoms with Crippen molar-refractivity contribution in [3.63, 3.8) is 0 Å². The van der Waals surface area contributed by atoms with Crippen LogP contribution < -0.4 is 0 Å². The van der Waals surface area contributed by atoms with Crippen molar-refractivity contribution in [2.24, 2.45) is 0 Å². The first-order valence-corrected chi connectivity index (χ1v) is 6.19. The van der Waals surface area contributed by atoms with Crippen molar-refractivity contribution >= 4 is 15.9 Å². The Morgan fingerprint density at radius 3 is 2.93 bits per heavy atom. The molecule has 0 bridgehead atoms. The maximum absolute atomic E-state index is 9.57. The molecule has 1 atom stereocenters. The molecule has 2 rings (SSSR count). The van der Waals surface area contributed by atoms with Gasteiger partial charge in [0.05, 0.1) is 6.10 Å². The number of hydrogen-bond donors (Lipinski definition) is 1. The van der Waals surface area contributed by atoms with Crippen molar-refractivity contribution in [3.05, 3.63) is 34.3 Å². The van der Waals surface area contributed by atoms with Crippen LogP contribution in [-0.2, 0) is 6.54 Å². The zero-order chi connectivity index (χ0) is 10.7. The Hall–Kier alpha value is -0.380. The fourth-order valence-corrected chi connectivity index (χ4v) is 2.45. The average Bonchev–Trinajstić information content (AvgIpc) is 2.22. The van der Waals surface area contributed by atoms with Gasteiger partial charge in [-0.2, -0.15) is 0 Å². The van der Waals surface area contributed by atoms with Crippen molar-refractivity contribution in [3.8, 4) is 0 Å². The number of hydrogen-bond acceptors (Lipinski definition) is 2. The highest BCUT2D eigenvalue weighted by Gasteiger charge is 2.17. The molecule has 0 aromatic heterocycles. The van der Waals surface area contributed by atoms with Crippen LogP contribution in [0.25, 0.3) is 0 Å². The summed E-state index contributed by atoms with van der Waals surface area (Å²) >= 11 is 3.55. The van der Waals surface area contributed by atoms with Gasteiger partial charge in [-0.05, 0) is 31.0 Å². The Morgan fingerprint density at radius 2 is 2.20 bits per heavy atom. The topological polar surface area (TPSA) is 23.5 Å². The van der Waals surface area contributed by atoms with E-state index in [1.165, 1.54) is 5.56 Å². The van der Waals surface area contributed by atoms with Crippen molar-refractivity contribution < 1.29 is 5.11 Å². The quantitative estimate of drug-likeness (QED) is 0.892. The fourth-order valence-electron chi connectivity index (χ4n) is 2.04. The van der Waals surface area contributed by atoms with Gasteiger partial charge in [-0.25, -0.2) is 0 Å². The van der Waals surface area contributed by atoms with E-state index in [0.717, 1.165) is 36.9 Å². The van der Waals surface area contributed by atoms with Gasteiger partial charge in [0.15, 0.2) is 0 Å². The minimum Gasteiger partial charge on any atom is -0.392 e. The largest absolute Gasteiger partial charge is 0.392 e. The summed E-state index contributed by atoms with van der Waals surface area (Å²) in [6.45, 7) is 2.83. The molecule has 1 aromatic carbocycles. The molecule has 2 nitrogen and oxygen atoms in total. The van der Waals surface area contributed by atoms with E-state index in [4.69, 9.17) is 0 Å². The predicted molar refractivity (Wildman–Crippen MR) is 64.7 cm³/mol. The van der Waals surface area contributed by atoms with Crippen LogP contribution >= 0.6 is 15.9 Å². The lowest BCUT2D eigenvalue weighted by molar-refractivity contribution is 0.0667. The van der Waals surface area contributed by atoms with E-state index in [2.05, 4.69) is 39.0 Å². The second-order valence-corrected chi connectivity index (χ2v) is 4.98. The first-order valence-electron chi connectivity index (χ1n) is 5.39. The van der Waals surface area contributed by atoms with E-state index >= 15 is 0 Å². The van der Waals surface area contributed by atoms with Gasteiger partial charge in [0.2, 0.25) is 0 Å². The highest BCUT2D eigenvalue weighted by molar-refractivity contribution is 9.10. The van der Waals surface area contributed by atoms with Crippen LogP contribution in [0.3, 0.4) is 0 Å². The molecule has 15 heavy (non-hydrogen) atoms. The molecular weight excluding hydrogens is 254 g/mol. The summed E-state index contributed by atoms with van der Waals surface area (Å²) in [5.41, 5.74) is 1.30. The SMILES string of the molecule is O[C@H]1CCCN(Cc2ccccc2Br)C1. The number of β-amino-alcohol motifs (C(OH)–C–C–N with tert-alkyl or cyclic N) is 1. The molecule has 1 N–H and O–H groups in total. The average molecular weight is 270 g/mol. The van der Waals surface area contributed by atoms with Crippen LogP contribution in [-0.4, -0.2) is 29.2 Å². The van der Waals surface area contributed by atoms with Crippen LogP contribution in [0.5, 0.6) is 0 Å². The van der Waals surface area contributed by atoms with Crippen LogP contribution in [0.15, 0.2) is 28.7 Å². The smallest absolute Gasteiger partial charge is 0.0667 e. The Labute approximate surface area is 99.0 Å². The van der Waals surface area contributed by atoms with E-state index in [-0.39, 0.29) is 6.10 Å². The number of aliphatic hydroxyl groups is 1. The third-order valence-electron chi connectivity index (χ3n) is 2.83. The Balaban J connectivity index is 1.99. The molecule has 0 unspecified atom stereocenters. The number of nitrogens with zero attached hydrogens (tertiary/aromatic N) is 1. The minimum absolute atomic E-state index is 0.138. The van der Waals surface area contributed by atoms with E-state index in [0.29, 0.717) is 0 Å². The van der Waals surface area contributed by atoms with Crippen molar-refractivity contribution in [2.45, 2.75) is 25.5 Å². The number of piperidine rings is 1. The molecule has 82 valence electrons. The summed E-state index contributed by atoms with van der Waals surface area (Å²) < 4.78 is 1.16. The molecule has 0 radical (unpaired) electrons. The van der Waals surface area contributed by atoms with Gasteiger partial charge in [0.1, 0.15) is 0 Å². The van der Waals surface area contributed by atoms with E-state index in [1.54, 1.807) is 0 Å². The van der Waals surface area contributed by atoms with Gasteiger partial charge >= 0.3 is 0 Å². The molecule has 1 aromatic rings. The molecule has 0 aliphatic carbocycles. The standard InChI is InChI=1S/C12H16BrNO/c13-12-6-2-1-4-10(12)8-14-7-3-5-11(15)9-14/h1-2,4,6,11,15H,3,5,7-9H2/t11-/m0/s1. The van der Waals surface area contributed by atoms with Crippen LogP contribution in [0.4, 0.5) is 0 Å². The van der Waals surface area contributed by atoms with E-state index in [9.17, 15) is 5.11 Å². The number of benzene rings is 1. The second-order valence-electron chi connectivity index (χ2n) is 4.12. The molecule has 3 heteroatoms. The molecule has 1 fully saturated rings. The summed E-state index contributed by atoms with van der Waals surface area (Å²) in [5, 5.41) is 9.57. The van der Waals surface area contributed by atoms with Crippen LogP contribution in [0, 0.1) is 0 Å². The summed E-state index contributed by atoms with van der Waals surface area (Å²) in [7, 11) is 0. The second kappa shape index (κ2) is 5.10. The molecule has 1 aliphatic rings. The Morgan fingerprint density at radius 1 is 1.40 bits per heavy atom. The monoisotopic (exact) mass is 269 g/mol. The lowest BCUT2D eigenvalue weighted by atomic mass is 10.1. The van der Waals surface area contributed by atoms with Crippen molar-refractivity contribution in [2.75, 3.05) is 13.1 Å². The van der Waals surface area contributed by atoms with E-state index < -0.39 is 0 Å².